The minimum absolute atomic E-state index is 0.0815. The molecule has 0 heterocycles. The van der Waals surface area contributed by atoms with Crippen LogP contribution in [0.5, 0.6) is 11.5 Å². The molecule has 4 nitrogen and oxygen atoms in total. The van der Waals surface area contributed by atoms with Crippen molar-refractivity contribution in [1.29, 1.82) is 0 Å². The zero-order valence-electron chi connectivity index (χ0n) is 10.6. The Bertz CT molecular complexity index is 355. The van der Waals surface area contributed by atoms with E-state index in [1.54, 1.807) is 39.2 Å². The molecule has 1 rings (SSSR count). The van der Waals surface area contributed by atoms with E-state index in [1.165, 1.54) is 0 Å². The average molecular weight is 240 g/mol. The van der Waals surface area contributed by atoms with Gasteiger partial charge < -0.3 is 19.7 Å². The maximum Gasteiger partial charge on any atom is 0.128 e. The van der Waals surface area contributed by atoms with Gasteiger partial charge in [0.25, 0.3) is 0 Å². The van der Waals surface area contributed by atoms with Gasteiger partial charge in [0.2, 0.25) is 0 Å². The van der Waals surface area contributed by atoms with Gasteiger partial charge in [0.1, 0.15) is 11.5 Å². The van der Waals surface area contributed by atoms with Crippen molar-refractivity contribution in [2.45, 2.75) is 32.5 Å². The Morgan fingerprint density at radius 1 is 1.29 bits per heavy atom. The molecule has 2 N–H and O–H groups in total. The Balaban J connectivity index is 2.68. The number of aliphatic hydroxyl groups is 2. The second-order valence-corrected chi connectivity index (χ2v) is 4.54. The van der Waals surface area contributed by atoms with Crippen LogP contribution in [-0.4, -0.2) is 29.5 Å². The maximum absolute atomic E-state index is 9.57. The highest BCUT2D eigenvalue weighted by Crippen LogP contribution is 2.25. The third-order valence-electron chi connectivity index (χ3n) is 2.42. The van der Waals surface area contributed by atoms with Crippen molar-refractivity contribution >= 4 is 0 Å². The summed E-state index contributed by atoms with van der Waals surface area (Å²) in [5, 5.41) is 18.7. The molecule has 0 bridgehead atoms. The second-order valence-electron chi connectivity index (χ2n) is 4.54. The fraction of sp³-hybridized carbons (Fsp3) is 0.538. The lowest BCUT2D eigenvalue weighted by molar-refractivity contribution is 0.0550. The van der Waals surface area contributed by atoms with Crippen LogP contribution in [0.4, 0.5) is 0 Å². The van der Waals surface area contributed by atoms with Crippen molar-refractivity contribution in [1.82, 2.24) is 0 Å². The van der Waals surface area contributed by atoms with Crippen LogP contribution in [0.25, 0.3) is 0 Å². The van der Waals surface area contributed by atoms with Gasteiger partial charge in [-0.3, -0.25) is 0 Å². The van der Waals surface area contributed by atoms with E-state index in [-0.39, 0.29) is 6.61 Å². The highest BCUT2D eigenvalue weighted by molar-refractivity contribution is 5.40. The van der Waals surface area contributed by atoms with E-state index in [4.69, 9.17) is 9.47 Å². The molecule has 0 saturated carbocycles. The van der Waals surface area contributed by atoms with Gasteiger partial charge in [-0.05, 0) is 26.0 Å². The Morgan fingerprint density at radius 2 is 2.00 bits per heavy atom. The SMILES string of the molecule is COc1ccc(CO)c(OCCC(C)(C)O)c1. The lowest BCUT2D eigenvalue weighted by Gasteiger charge is -2.18. The summed E-state index contributed by atoms with van der Waals surface area (Å²) in [4.78, 5) is 0. The van der Waals surface area contributed by atoms with E-state index < -0.39 is 5.60 Å². The highest BCUT2D eigenvalue weighted by atomic mass is 16.5. The van der Waals surface area contributed by atoms with Crippen molar-refractivity contribution in [2.24, 2.45) is 0 Å². The number of methoxy groups -OCH3 is 1. The summed E-state index contributed by atoms with van der Waals surface area (Å²) in [7, 11) is 1.58. The van der Waals surface area contributed by atoms with Gasteiger partial charge in [-0.15, -0.1) is 0 Å². The monoisotopic (exact) mass is 240 g/mol. The minimum Gasteiger partial charge on any atom is -0.497 e. The molecule has 0 aliphatic carbocycles. The first-order chi connectivity index (χ1) is 7.96. The number of hydrogen-bond acceptors (Lipinski definition) is 4. The Labute approximate surface area is 102 Å². The molecule has 0 radical (unpaired) electrons. The first kappa shape index (κ1) is 13.8. The average Bonchev–Trinajstić information content (AvgIpc) is 2.27. The summed E-state index contributed by atoms with van der Waals surface area (Å²) in [5.41, 5.74) is -0.0420. The molecule has 96 valence electrons. The van der Waals surface area contributed by atoms with Crippen LogP contribution in [0, 0.1) is 0 Å². The summed E-state index contributed by atoms with van der Waals surface area (Å²) in [6.07, 6.45) is 0.523. The summed E-state index contributed by atoms with van der Waals surface area (Å²) in [5.74, 6) is 1.27. The van der Waals surface area contributed by atoms with Gasteiger partial charge in [-0.1, -0.05) is 0 Å². The van der Waals surface area contributed by atoms with Gasteiger partial charge in [0.05, 0.1) is 25.9 Å². The Morgan fingerprint density at radius 3 is 2.53 bits per heavy atom. The van der Waals surface area contributed by atoms with Crippen molar-refractivity contribution < 1.29 is 19.7 Å². The molecule has 0 atom stereocenters. The van der Waals surface area contributed by atoms with Crippen LogP contribution in [-0.2, 0) is 6.61 Å². The predicted molar refractivity (Wildman–Crippen MR) is 65.3 cm³/mol. The molecule has 0 unspecified atom stereocenters. The van der Waals surface area contributed by atoms with Crippen LogP contribution in [0.1, 0.15) is 25.8 Å². The second kappa shape index (κ2) is 5.89. The molecule has 0 amide bonds. The van der Waals surface area contributed by atoms with Gasteiger partial charge in [-0.2, -0.15) is 0 Å². The van der Waals surface area contributed by atoms with Crippen LogP contribution in [0.3, 0.4) is 0 Å². The van der Waals surface area contributed by atoms with Gasteiger partial charge in [-0.25, -0.2) is 0 Å². The fourth-order valence-corrected chi connectivity index (χ4v) is 1.34. The van der Waals surface area contributed by atoms with Crippen LogP contribution in [0.15, 0.2) is 18.2 Å². The number of benzene rings is 1. The molecule has 0 saturated heterocycles. The zero-order chi connectivity index (χ0) is 12.9. The molecule has 0 spiro atoms. The summed E-state index contributed by atoms with van der Waals surface area (Å²) < 4.78 is 10.6. The predicted octanol–water partition coefficient (Wildman–Crippen LogP) is 1.73. The van der Waals surface area contributed by atoms with E-state index in [0.29, 0.717) is 30.1 Å². The topological polar surface area (TPSA) is 58.9 Å². The van der Waals surface area contributed by atoms with Crippen LogP contribution in [0.2, 0.25) is 0 Å². The lowest BCUT2D eigenvalue weighted by atomic mass is 10.1. The first-order valence-electron chi connectivity index (χ1n) is 5.59. The van der Waals surface area contributed by atoms with E-state index >= 15 is 0 Å². The Kier molecular flexibility index (Phi) is 4.78. The van der Waals surface area contributed by atoms with Crippen molar-refractivity contribution in [3.8, 4) is 11.5 Å². The first-order valence-corrected chi connectivity index (χ1v) is 5.59. The minimum atomic E-state index is -0.752. The molecule has 17 heavy (non-hydrogen) atoms. The standard InChI is InChI=1S/C13H20O4/c1-13(2,15)6-7-17-12-8-11(16-3)5-4-10(12)9-14/h4-5,8,14-15H,6-7,9H2,1-3H3. The number of rotatable bonds is 6. The molecule has 0 aliphatic heterocycles. The quantitative estimate of drug-likeness (QED) is 0.795. The van der Waals surface area contributed by atoms with Crippen molar-refractivity contribution in [2.75, 3.05) is 13.7 Å². The van der Waals surface area contributed by atoms with E-state index in [0.717, 1.165) is 0 Å². The summed E-state index contributed by atoms with van der Waals surface area (Å²) >= 11 is 0. The number of ether oxygens (including phenoxy) is 2. The van der Waals surface area contributed by atoms with Gasteiger partial charge in [0.15, 0.2) is 0 Å². The molecular formula is C13H20O4. The fourth-order valence-electron chi connectivity index (χ4n) is 1.34. The summed E-state index contributed by atoms with van der Waals surface area (Å²) in [6, 6.07) is 5.27. The van der Waals surface area contributed by atoms with Gasteiger partial charge in [0, 0.05) is 18.1 Å². The molecule has 0 fully saturated rings. The number of aliphatic hydroxyl groups excluding tert-OH is 1. The molecular weight excluding hydrogens is 220 g/mol. The molecule has 0 aromatic heterocycles. The maximum atomic E-state index is 9.57. The molecule has 1 aromatic carbocycles. The normalized spacial score (nSPS) is 11.4. The van der Waals surface area contributed by atoms with Crippen molar-refractivity contribution in [3.05, 3.63) is 23.8 Å². The van der Waals surface area contributed by atoms with E-state index in [9.17, 15) is 10.2 Å². The van der Waals surface area contributed by atoms with Crippen LogP contribution >= 0.6 is 0 Å². The van der Waals surface area contributed by atoms with E-state index in [1.807, 2.05) is 0 Å². The lowest BCUT2D eigenvalue weighted by Crippen LogP contribution is -2.22. The van der Waals surface area contributed by atoms with Gasteiger partial charge >= 0.3 is 0 Å². The largest absolute Gasteiger partial charge is 0.497 e. The molecule has 0 aliphatic rings. The van der Waals surface area contributed by atoms with E-state index in [2.05, 4.69) is 0 Å². The van der Waals surface area contributed by atoms with Crippen molar-refractivity contribution in [3.63, 3.8) is 0 Å². The third-order valence-corrected chi connectivity index (χ3v) is 2.42. The molecule has 4 heteroatoms. The smallest absolute Gasteiger partial charge is 0.128 e. The highest BCUT2D eigenvalue weighted by Gasteiger charge is 2.13. The summed E-state index contributed by atoms with van der Waals surface area (Å²) in [6.45, 7) is 3.77. The van der Waals surface area contributed by atoms with Crippen LogP contribution < -0.4 is 9.47 Å². The molecule has 1 aromatic rings. The zero-order valence-corrected chi connectivity index (χ0v) is 10.6. The Hall–Kier alpha value is -1.26. The number of hydrogen-bond donors (Lipinski definition) is 2. The third kappa shape index (κ3) is 4.63.